The minimum Gasteiger partial charge on any atom is -0.338 e. The van der Waals surface area contributed by atoms with Gasteiger partial charge in [-0.25, -0.2) is 9.18 Å². The lowest BCUT2D eigenvalue weighted by molar-refractivity contribution is 0.252. The van der Waals surface area contributed by atoms with Crippen LogP contribution in [0.4, 0.5) is 14.9 Å². The molecule has 2 aromatic rings. The predicted molar refractivity (Wildman–Crippen MR) is 78.0 cm³/mol. The van der Waals surface area contributed by atoms with Crippen LogP contribution in [0.2, 0.25) is 0 Å². The van der Waals surface area contributed by atoms with Gasteiger partial charge in [0, 0.05) is 19.8 Å². The van der Waals surface area contributed by atoms with Gasteiger partial charge in [0.05, 0.1) is 16.4 Å². The number of nitrogens with zero attached hydrogens (tertiary/aromatic N) is 2. The van der Waals surface area contributed by atoms with Crippen LogP contribution in [0.5, 0.6) is 0 Å². The fourth-order valence-electron chi connectivity index (χ4n) is 1.68. The number of carbonyl (C=O) groups is 1. The highest BCUT2D eigenvalue weighted by Crippen LogP contribution is 2.16. The second-order valence-corrected chi connectivity index (χ2v) is 5.14. The van der Waals surface area contributed by atoms with Crippen molar-refractivity contribution in [1.82, 2.24) is 15.1 Å². The Labute approximate surface area is 124 Å². The molecule has 1 aromatic carbocycles. The first-order chi connectivity index (χ1) is 9.54. The summed E-state index contributed by atoms with van der Waals surface area (Å²) < 4.78 is 15.1. The molecular weight excluding hydrogens is 327 g/mol. The summed E-state index contributed by atoms with van der Waals surface area (Å²) in [5.74, 6) is -0.295. The molecule has 5 nitrogen and oxygen atoms in total. The maximum Gasteiger partial charge on any atom is 0.319 e. The minimum atomic E-state index is -0.295. The second-order valence-electron chi connectivity index (χ2n) is 4.28. The third kappa shape index (κ3) is 4.06. The number of carbonyl (C=O) groups excluding carboxylic acids is 1. The first-order valence-electron chi connectivity index (χ1n) is 6.02. The lowest BCUT2D eigenvalue weighted by Crippen LogP contribution is -2.30. The molecule has 0 bridgehead atoms. The van der Waals surface area contributed by atoms with E-state index >= 15 is 0 Å². The van der Waals surface area contributed by atoms with E-state index in [0.29, 0.717) is 23.1 Å². The number of hydrogen-bond donors (Lipinski definition) is 2. The predicted octanol–water partition coefficient (Wildman–Crippen LogP) is 2.69. The van der Waals surface area contributed by atoms with E-state index in [1.165, 1.54) is 6.07 Å². The Morgan fingerprint density at radius 2 is 2.30 bits per heavy atom. The highest BCUT2D eigenvalue weighted by Gasteiger charge is 2.04. The summed E-state index contributed by atoms with van der Waals surface area (Å²) in [6.07, 6.45) is 3.90. The van der Waals surface area contributed by atoms with Gasteiger partial charge in [0.15, 0.2) is 0 Å². The fourth-order valence-corrected chi connectivity index (χ4v) is 2.10. The van der Waals surface area contributed by atoms with E-state index in [0.717, 1.165) is 5.56 Å². The van der Waals surface area contributed by atoms with Crippen molar-refractivity contribution in [1.29, 1.82) is 0 Å². The van der Waals surface area contributed by atoms with E-state index in [1.807, 2.05) is 0 Å². The number of hydrogen-bond acceptors (Lipinski definition) is 2. The van der Waals surface area contributed by atoms with E-state index in [2.05, 4.69) is 31.7 Å². The Hall–Kier alpha value is -1.89. The van der Waals surface area contributed by atoms with Crippen LogP contribution in [0, 0.1) is 5.82 Å². The van der Waals surface area contributed by atoms with Gasteiger partial charge in [-0.15, -0.1) is 0 Å². The van der Waals surface area contributed by atoms with Crippen molar-refractivity contribution in [3.05, 3.63) is 46.4 Å². The van der Waals surface area contributed by atoms with Crippen LogP contribution in [0.25, 0.3) is 0 Å². The summed E-state index contributed by atoms with van der Waals surface area (Å²) in [6.45, 7) is 0.462. The molecule has 106 valence electrons. The molecular formula is C13H14BrFN4O. The summed E-state index contributed by atoms with van der Waals surface area (Å²) in [4.78, 5) is 11.6. The first kappa shape index (κ1) is 14.5. The molecule has 1 aromatic heterocycles. The quantitative estimate of drug-likeness (QED) is 0.898. The number of rotatable bonds is 4. The molecule has 0 aliphatic rings. The highest BCUT2D eigenvalue weighted by molar-refractivity contribution is 9.10. The number of benzene rings is 1. The Morgan fingerprint density at radius 1 is 1.50 bits per heavy atom. The standard InChI is InChI=1S/C13H14BrFN4O/c1-19-8-10(7-17-19)18-13(20)16-5-4-9-2-3-12(15)11(14)6-9/h2-3,6-8H,4-5H2,1H3,(H2,16,18,20). The van der Waals surface area contributed by atoms with Gasteiger partial charge < -0.3 is 10.6 Å². The summed E-state index contributed by atoms with van der Waals surface area (Å²) in [7, 11) is 1.77. The SMILES string of the molecule is Cn1cc(NC(=O)NCCc2ccc(F)c(Br)c2)cn1. The number of nitrogens with one attached hydrogen (secondary N) is 2. The van der Waals surface area contributed by atoms with Crippen LogP contribution >= 0.6 is 15.9 Å². The molecule has 0 radical (unpaired) electrons. The fraction of sp³-hybridized carbons (Fsp3) is 0.231. The van der Waals surface area contributed by atoms with Gasteiger partial charge in [0.25, 0.3) is 0 Å². The molecule has 2 N–H and O–H groups in total. The Bertz CT molecular complexity index is 614. The zero-order valence-electron chi connectivity index (χ0n) is 10.9. The van der Waals surface area contributed by atoms with Crippen molar-refractivity contribution >= 4 is 27.6 Å². The largest absolute Gasteiger partial charge is 0.338 e. The minimum absolute atomic E-state index is 0.292. The Kier molecular flexibility index (Phi) is 4.73. The topological polar surface area (TPSA) is 59.0 Å². The van der Waals surface area contributed by atoms with Crippen molar-refractivity contribution in [2.45, 2.75) is 6.42 Å². The molecule has 0 spiro atoms. The van der Waals surface area contributed by atoms with E-state index in [4.69, 9.17) is 0 Å². The normalized spacial score (nSPS) is 10.3. The zero-order valence-corrected chi connectivity index (χ0v) is 12.4. The molecule has 20 heavy (non-hydrogen) atoms. The maximum absolute atomic E-state index is 13.1. The second kappa shape index (κ2) is 6.51. The van der Waals surface area contributed by atoms with Gasteiger partial charge in [0.2, 0.25) is 0 Å². The lowest BCUT2D eigenvalue weighted by Gasteiger charge is -2.06. The maximum atomic E-state index is 13.1. The van der Waals surface area contributed by atoms with Crippen molar-refractivity contribution in [2.75, 3.05) is 11.9 Å². The zero-order chi connectivity index (χ0) is 14.5. The summed E-state index contributed by atoms with van der Waals surface area (Å²) >= 11 is 3.13. The van der Waals surface area contributed by atoms with Crippen molar-refractivity contribution in [3.63, 3.8) is 0 Å². The number of aryl methyl sites for hydroxylation is 1. The van der Waals surface area contributed by atoms with E-state index in [-0.39, 0.29) is 11.8 Å². The molecule has 1 heterocycles. The number of halogens is 2. The molecule has 0 aliphatic heterocycles. The molecule has 0 atom stereocenters. The summed E-state index contributed by atoms with van der Waals surface area (Å²) in [5.41, 5.74) is 1.58. The lowest BCUT2D eigenvalue weighted by atomic mass is 10.1. The summed E-state index contributed by atoms with van der Waals surface area (Å²) in [6, 6.07) is 4.51. The molecule has 0 fully saturated rings. The third-order valence-corrected chi connectivity index (χ3v) is 3.25. The van der Waals surface area contributed by atoms with Crippen LogP contribution in [0.15, 0.2) is 35.1 Å². The van der Waals surface area contributed by atoms with Crippen LogP contribution in [-0.4, -0.2) is 22.4 Å². The molecule has 0 unspecified atom stereocenters. The van der Waals surface area contributed by atoms with E-state index < -0.39 is 0 Å². The average Bonchev–Trinajstić information content (AvgIpc) is 2.79. The van der Waals surface area contributed by atoms with Gasteiger partial charge in [0.1, 0.15) is 5.82 Å². The van der Waals surface area contributed by atoms with Gasteiger partial charge >= 0.3 is 6.03 Å². The molecule has 0 aliphatic carbocycles. The highest BCUT2D eigenvalue weighted by atomic mass is 79.9. The molecule has 0 saturated carbocycles. The van der Waals surface area contributed by atoms with Gasteiger partial charge in [-0.2, -0.15) is 5.10 Å². The third-order valence-electron chi connectivity index (χ3n) is 2.65. The van der Waals surface area contributed by atoms with Crippen LogP contribution < -0.4 is 10.6 Å². The molecule has 0 saturated heterocycles. The van der Waals surface area contributed by atoms with E-state index in [9.17, 15) is 9.18 Å². The van der Waals surface area contributed by atoms with Crippen LogP contribution in [0.3, 0.4) is 0 Å². The van der Waals surface area contributed by atoms with Crippen molar-refractivity contribution < 1.29 is 9.18 Å². The first-order valence-corrected chi connectivity index (χ1v) is 6.81. The van der Waals surface area contributed by atoms with Crippen molar-refractivity contribution in [2.24, 2.45) is 7.05 Å². The Morgan fingerprint density at radius 3 is 2.95 bits per heavy atom. The molecule has 2 rings (SSSR count). The molecule has 2 amide bonds. The smallest absolute Gasteiger partial charge is 0.319 e. The van der Waals surface area contributed by atoms with E-state index in [1.54, 1.807) is 36.3 Å². The van der Waals surface area contributed by atoms with Gasteiger partial charge in [-0.1, -0.05) is 6.07 Å². The van der Waals surface area contributed by atoms with Crippen molar-refractivity contribution in [3.8, 4) is 0 Å². The number of anilines is 1. The number of aromatic nitrogens is 2. The monoisotopic (exact) mass is 340 g/mol. The summed E-state index contributed by atoms with van der Waals surface area (Å²) in [5, 5.41) is 9.34. The molecule has 7 heteroatoms. The Balaban J connectivity index is 1.77. The number of urea groups is 1. The van der Waals surface area contributed by atoms with Gasteiger partial charge in [-0.3, -0.25) is 4.68 Å². The average molecular weight is 341 g/mol. The van der Waals surface area contributed by atoms with Crippen LogP contribution in [-0.2, 0) is 13.5 Å². The number of amides is 2. The van der Waals surface area contributed by atoms with Crippen LogP contribution in [0.1, 0.15) is 5.56 Å². The van der Waals surface area contributed by atoms with Gasteiger partial charge in [-0.05, 0) is 40.0 Å².